The Morgan fingerprint density at radius 2 is 1.84 bits per heavy atom. The zero-order valence-corrected chi connectivity index (χ0v) is 15.0. The van der Waals surface area contributed by atoms with E-state index in [0.717, 1.165) is 16.0 Å². The van der Waals surface area contributed by atoms with Gasteiger partial charge in [-0.3, -0.25) is 9.59 Å². The van der Waals surface area contributed by atoms with Gasteiger partial charge in [-0.2, -0.15) is 0 Å². The van der Waals surface area contributed by atoms with Gasteiger partial charge in [0.05, 0.1) is 26.0 Å². The number of thioether (sulfide) groups is 1. The molecule has 0 aliphatic rings. The molecule has 2 N–H and O–H groups in total. The lowest BCUT2D eigenvalue weighted by Gasteiger charge is -2.18. The summed E-state index contributed by atoms with van der Waals surface area (Å²) in [4.78, 5) is 24.7. The Labute approximate surface area is 151 Å². The van der Waals surface area contributed by atoms with Crippen molar-refractivity contribution in [1.82, 2.24) is 5.32 Å². The number of carboxylic acids is 1. The number of para-hydroxylation sites is 1. The molecule has 2 aromatic rings. The van der Waals surface area contributed by atoms with Crippen molar-refractivity contribution in [2.24, 2.45) is 0 Å². The normalized spacial score (nSPS) is 11.6. The molecule has 0 aliphatic carbocycles. The summed E-state index contributed by atoms with van der Waals surface area (Å²) in [7, 11) is 1.55. The van der Waals surface area contributed by atoms with Crippen LogP contribution in [-0.2, 0) is 16.0 Å². The Hall–Kier alpha value is -2.47. The second kappa shape index (κ2) is 9.13. The van der Waals surface area contributed by atoms with E-state index in [0.29, 0.717) is 5.75 Å². The van der Waals surface area contributed by atoms with Gasteiger partial charge < -0.3 is 15.2 Å². The monoisotopic (exact) mass is 359 g/mol. The number of amides is 1. The first kappa shape index (κ1) is 18.9. The molecule has 0 fully saturated rings. The van der Waals surface area contributed by atoms with E-state index in [2.05, 4.69) is 5.32 Å². The third kappa shape index (κ3) is 5.53. The molecule has 2 aromatic carbocycles. The Morgan fingerprint density at radius 1 is 1.16 bits per heavy atom. The first-order chi connectivity index (χ1) is 12.0. The largest absolute Gasteiger partial charge is 0.496 e. The van der Waals surface area contributed by atoms with Crippen molar-refractivity contribution in [3.63, 3.8) is 0 Å². The molecule has 1 amide bonds. The molecule has 0 aromatic heterocycles. The number of hydrogen-bond acceptors (Lipinski definition) is 4. The van der Waals surface area contributed by atoms with Gasteiger partial charge in [0.15, 0.2) is 0 Å². The van der Waals surface area contributed by atoms with E-state index in [4.69, 9.17) is 9.84 Å². The Morgan fingerprint density at radius 3 is 2.44 bits per heavy atom. The summed E-state index contributed by atoms with van der Waals surface area (Å²) in [5.74, 6) is -0.571. The van der Waals surface area contributed by atoms with Crippen LogP contribution in [0.15, 0.2) is 53.4 Å². The van der Waals surface area contributed by atoms with Crippen LogP contribution in [0.3, 0.4) is 0 Å². The summed E-state index contributed by atoms with van der Waals surface area (Å²) < 4.78 is 5.25. The Kier molecular flexibility index (Phi) is 6.89. The van der Waals surface area contributed by atoms with Gasteiger partial charge in [0, 0.05) is 10.5 Å². The van der Waals surface area contributed by atoms with Crippen LogP contribution in [0.25, 0.3) is 0 Å². The number of rotatable bonds is 8. The fourth-order valence-electron chi connectivity index (χ4n) is 2.53. The summed E-state index contributed by atoms with van der Waals surface area (Å²) in [6.45, 7) is 0. The van der Waals surface area contributed by atoms with Crippen LogP contribution in [0.5, 0.6) is 5.75 Å². The quantitative estimate of drug-likeness (QED) is 0.708. The number of benzene rings is 2. The third-order valence-electron chi connectivity index (χ3n) is 3.78. The van der Waals surface area contributed by atoms with Crippen molar-refractivity contribution in [1.29, 1.82) is 0 Å². The summed E-state index contributed by atoms with van der Waals surface area (Å²) in [6.07, 6.45) is 1.93. The van der Waals surface area contributed by atoms with Crippen molar-refractivity contribution >= 4 is 23.6 Å². The van der Waals surface area contributed by atoms with E-state index in [1.165, 1.54) is 0 Å². The molecule has 0 saturated heterocycles. The second-order valence-electron chi connectivity index (χ2n) is 5.48. The average molecular weight is 359 g/mol. The topological polar surface area (TPSA) is 75.6 Å². The van der Waals surface area contributed by atoms with Crippen molar-refractivity contribution in [3.8, 4) is 5.75 Å². The number of aliphatic carboxylic acids is 1. The first-order valence-electron chi connectivity index (χ1n) is 7.80. The van der Waals surface area contributed by atoms with Crippen LogP contribution >= 0.6 is 11.8 Å². The lowest BCUT2D eigenvalue weighted by atomic mass is 10.0. The van der Waals surface area contributed by atoms with Crippen molar-refractivity contribution < 1.29 is 19.4 Å². The molecule has 0 aliphatic heterocycles. The van der Waals surface area contributed by atoms with Gasteiger partial charge in [-0.15, -0.1) is 11.8 Å². The van der Waals surface area contributed by atoms with E-state index < -0.39 is 12.0 Å². The molecule has 132 valence electrons. The molecule has 0 bridgehead atoms. The van der Waals surface area contributed by atoms with Gasteiger partial charge >= 0.3 is 5.97 Å². The predicted molar refractivity (Wildman–Crippen MR) is 98.1 cm³/mol. The number of carboxylic acid groups (broad SMARTS) is 1. The molecule has 1 atom stereocenters. The zero-order chi connectivity index (χ0) is 18.2. The maximum atomic E-state index is 12.4. The van der Waals surface area contributed by atoms with Crippen LogP contribution in [0.2, 0.25) is 0 Å². The Balaban J connectivity index is 2.12. The van der Waals surface area contributed by atoms with Crippen molar-refractivity contribution in [2.75, 3.05) is 13.4 Å². The SMILES string of the molecule is COc1ccccc1CC(=O)NC(CC(=O)O)c1ccc(SC)cc1. The number of ether oxygens (including phenoxy) is 1. The fraction of sp³-hybridized carbons (Fsp3) is 0.263. The number of carbonyl (C=O) groups is 2. The number of methoxy groups -OCH3 is 1. The molecule has 0 radical (unpaired) electrons. The third-order valence-corrected chi connectivity index (χ3v) is 4.52. The van der Waals surface area contributed by atoms with Gasteiger partial charge in [-0.25, -0.2) is 0 Å². The molecule has 6 heteroatoms. The molecular weight excluding hydrogens is 338 g/mol. The van der Waals surface area contributed by atoms with E-state index in [-0.39, 0.29) is 18.7 Å². The number of hydrogen-bond donors (Lipinski definition) is 2. The lowest BCUT2D eigenvalue weighted by molar-refractivity contribution is -0.137. The lowest BCUT2D eigenvalue weighted by Crippen LogP contribution is -2.31. The van der Waals surface area contributed by atoms with Crippen LogP contribution in [-0.4, -0.2) is 30.3 Å². The van der Waals surface area contributed by atoms with E-state index in [1.807, 2.05) is 48.7 Å². The van der Waals surface area contributed by atoms with Crippen LogP contribution in [0, 0.1) is 0 Å². The van der Waals surface area contributed by atoms with Crippen LogP contribution in [0.1, 0.15) is 23.6 Å². The summed E-state index contributed by atoms with van der Waals surface area (Å²) in [5.41, 5.74) is 1.53. The molecule has 1 unspecified atom stereocenters. The summed E-state index contributed by atoms with van der Waals surface area (Å²) >= 11 is 1.61. The highest BCUT2D eigenvalue weighted by Gasteiger charge is 2.19. The minimum Gasteiger partial charge on any atom is -0.496 e. The molecule has 5 nitrogen and oxygen atoms in total. The zero-order valence-electron chi connectivity index (χ0n) is 14.2. The maximum Gasteiger partial charge on any atom is 0.305 e. The predicted octanol–water partition coefficient (Wildman–Crippen LogP) is 3.29. The summed E-state index contributed by atoms with van der Waals surface area (Å²) in [5, 5.41) is 12.0. The highest BCUT2D eigenvalue weighted by atomic mass is 32.2. The van der Waals surface area contributed by atoms with Crippen LogP contribution < -0.4 is 10.1 Å². The summed E-state index contributed by atoms with van der Waals surface area (Å²) in [6, 6.07) is 14.2. The molecule has 0 spiro atoms. The van der Waals surface area contributed by atoms with Crippen molar-refractivity contribution in [2.45, 2.75) is 23.8 Å². The standard InChI is InChI=1S/C19H21NO4S/c1-24-17-6-4-3-5-14(17)11-18(21)20-16(12-19(22)23)13-7-9-15(25-2)10-8-13/h3-10,16H,11-12H2,1-2H3,(H,20,21)(H,22,23). The van der Waals surface area contributed by atoms with Gasteiger partial charge in [0.2, 0.25) is 5.91 Å². The minimum absolute atomic E-state index is 0.128. The van der Waals surface area contributed by atoms with Gasteiger partial charge in [0.25, 0.3) is 0 Å². The highest BCUT2D eigenvalue weighted by Crippen LogP contribution is 2.22. The average Bonchev–Trinajstić information content (AvgIpc) is 2.61. The van der Waals surface area contributed by atoms with Crippen molar-refractivity contribution in [3.05, 3.63) is 59.7 Å². The van der Waals surface area contributed by atoms with Gasteiger partial charge in [0.1, 0.15) is 5.75 Å². The number of nitrogens with one attached hydrogen (secondary N) is 1. The van der Waals surface area contributed by atoms with E-state index >= 15 is 0 Å². The molecule has 2 rings (SSSR count). The second-order valence-corrected chi connectivity index (χ2v) is 6.36. The maximum absolute atomic E-state index is 12.4. The number of carbonyl (C=O) groups excluding carboxylic acids is 1. The molecule has 0 saturated carbocycles. The smallest absolute Gasteiger partial charge is 0.305 e. The highest BCUT2D eigenvalue weighted by molar-refractivity contribution is 7.98. The van der Waals surface area contributed by atoms with Gasteiger partial charge in [-0.05, 0) is 30.0 Å². The van der Waals surface area contributed by atoms with E-state index in [1.54, 1.807) is 24.9 Å². The Bertz CT molecular complexity index is 730. The van der Waals surface area contributed by atoms with Crippen LogP contribution in [0.4, 0.5) is 0 Å². The first-order valence-corrected chi connectivity index (χ1v) is 9.03. The molecular formula is C19H21NO4S. The van der Waals surface area contributed by atoms with E-state index in [9.17, 15) is 9.59 Å². The molecule has 25 heavy (non-hydrogen) atoms. The minimum atomic E-state index is -0.962. The molecule has 0 heterocycles. The van der Waals surface area contributed by atoms with Gasteiger partial charge in [-0.1, -0.05) is 30.3 Å². The fourth-order valence-corrected chi connectivity index (χ4v) is 2.94.